The lowest BCUT2D eigenvalue weighted by Gasteiger charge is -2.28. The number of benzene rings is 2. The molecule has 2 nitrogen and oxygen atoms in total. The predicted molar refractivity (Wildman–Crippen MR) is 125 cm³/mol. The minimum Gasteiger partial charge on any atom is -0.252 e. The molecular formula is C25H35NOS. The molecule has 1 aliphatic rings. The summed E-state index contributed by atoms with van der Waals surface area (Å²) in [6.07, 6.45) is 5.96. The highest BCUT2D eigenvalue weighted by atomic mass is 32.2. The summed E-state index contributed by atoms with van der Waals surface area (Å²) < 4.78 is 14.9. The van der Waals surface area contributed by atoms with Crippen LogP contribution in [-0.4, -0.2) is 27.0 Å². The van der Waals surface area contributed by atoms with Gasteiger partial charge in [0, 0.05) is 22.3 Å². The quantitative estimate of drug-likeness (QED) is 0.421. The number of hydrogen-bond acceptors (Lipinski definition) is 1. The third-order valence-corrected chi connectivity index (χ3v) is 7.17. The van der Waals surface area contributed by atoms with Crippen LogP contribution in [0.25, 0.3) is 0 Å². The molecule has 0 amide bonds. The minimum atomic E-state index is -2.23. The highest BCUT2D eigenvalue weighted by Crippen LogP contribution is 2.27. The van der Waals surface area contributed by atoms with Gasteiger partial charge in [-0.05, 0) is 49.6 Å². The van der Waals surface area contributed by atoms with Crippen LogP contribution in [0, 0.1) is 0 Å². The number of nitrogens with zero attached hydrogens (tertiary/aromatic N) is 1. The molecule has 1 heterocycles. The Kier molecular flexibility index (Phi) is 9.01. The SMILES string of the molecule is C=C(C)C1CCCN1S(=C)(=O)Cc1ccccc1.CCCCc1ccccc1. The molecule has 1 saturated heterocycles. The Labute approximate surface area is 172 Å². The maximum absolute atomic E-state index is 12.8. The number of unbranched alkanes of at least 4 members (excludes halogenated alkanes) is 1. The third kappa shape index (κ3) is 6.96. The van der Waals surface area contributed by atoms with Crippen molar-refractivity contribution in [1.29, 1.82) is 0 Å². The maximum Gasteiger partial charge on any atom is 0.0542 e. The van der Waals surface area contributed by atoms with Crippen LogP contribution >= 0.6 is 0 Å². The molecule has 2 aromatic carbocycles. The van der Waals surface area contributed by atoms with Gasteiger partial charge in [0.2, 0.25) is 0 Å². The normalized spacial score (nSPS) is 18.7. The molecule has 2 aromatic rings. The summed E-state index contributed by atoms with van der Waals surface area (Å²) in [5.41, 5.74) is 3.64. The second-order valence-corrected chi connectivity index (χ2v) is 9.94. The van der Waals surface area contributed by atoms with Gasteiger partial charge in [-0.25, -0.2) is 4.31 Å². The summed E-state index contributed by atoms with van der Waals surface area (Å²) in [6, 6.07) is 20.8. The molecule has 0 N–H and O–H groups in total. The predicted octanol–water partition coefficient (Wildman–Crippen LogP) is 5.89. The van der Waals surface area contributed by atoms with Gasteiger partial charge in [0.1, 0.15) is 0 Å². The van der Waals surface area contributed by atoms with Crippen molar-refractivity contribution in [3.8, 4) is 0 Å². The van der Waals surface area contributed by atoms with E-state index < -0.39 is 9.71 Å². The van der Waals surface area contributed by atoms with Gasteiger partial charge in [-0.2, -0.15) is 0 Å². The van der Waals surface area contributed by atoms with Crippen LogP contribution in [0.5, 0.6) is 0 Å². The van der Waals surface area contributed by atoms with E-state index in [1.165, 1.54) is 24.8 Å². The molecule has 3 rings (SSSR count). The largest absolute Gasteiger partial charge is 0.252 e. The molecule has 0 bridgehead atoms. The Morgan fingerprint density at radius 2 is 1.64 bits per heavy atom. The zero-order valence-corrected chi connectivity index (χ0v) is 18.3. The molecule has 1 aliphatic heterocycles. The first-order chi connectivity index (χ1) is 13.4. The summed E-state index contributed by atoms with van der Waals surface area (Å²) >= 11 is 0. The zero-order chi connectivity index (χ0) is 20.4. The van der Waals surface area contributed by atoms with E-state index in [0.29, 0.717) is 5.75 Å². The van der Waals surface area contributed by atoms with Crippen LogP contribution in [0.2, 0.25) is 0 Å². The first-order valence-electron chi connectivity index (χ1n) is 10.3. The van der Waals surface area contributed by atoms with Crippen molar-refractivity contribution in [3.63, 3.8) is 0 Å². The van der Waals surface area contributed by atoms with E-state index in [1.54, 1.807) is 0 Å². The van der Waals surface area contributed by atoms with Crippen molar-refractivity contribution >= 4 is 15.6 Å². The molecule has 2 atom stereocenters. The molecule has 3 heteroatoms. The third-order valence-electron chi connectivity index (χ3n) is 5.10. The molecule has 28 heavy (non-hydrogen) atoms. The Hall–Kier alpha value is -1.84. The zero-order valence-electron chi connectivity index (χ0n) is 17.5. The fourth-order valence-corrected chi connectivity index (χ4v) is 5.66. The average Bonchev–Trinajstić information content (AvgIpc) is 3.20. The molecule has 0 aliphatic carbocycles. The van der Waals surface area contributed by atoms with Crippen LogP contribution in [0.1, 0.15) is 50.7 Å². The molecule has 0 saturated carbocycles. The Balaban J connectivity index is 0.000000237. The number of hydrogen-bond donors (Lipinski definition) is 0. The topological polar surface area (TPSA) is 20.3 Å². The maximum atomic E-state index is 12.8. The molecule has 0 aromatic heterocycles. The van der Waals surface area contributed by atoms with Gasteiger partial charge < -0.3 is 0 Å². The van der Waals surface area contributed by atoms with Gasteiger partial charge >= 0.3 is 0 Å². The lowest BCUT2D eigenvalue weighted by molar-refractivity contribution is 0.455. The summed E-state index contributed by atoms with van der Waals surface area (Å²) in [6.45, 7) is 9.12. The van der Waals surface area contributed by atoms with Crippen molar-refractivity contribution in [3.05, 3.63) is 83.9 Å². The highest BCUT2D eigenvalue weighted by molar-refractivity contribution is 7.97. The van der Waals surface area contributed by atoms with E-state index in [1.807, 2.05) is 37.3 Å². The summed E-state index contributed by atoms with van der Waals surface area (Å²) in [7, 11) is -2.23. The van der Waals surface area contributed by atoms with E-state index in [2.05, 4.69) is 54.0 Å². The fraction of sp³-hybridized carbons (Fsp3) is 0.400. The number of aryl methyl sites for hydroxylation is 1. The van der Waals surface area contributed by atoms with E-state index in [4.69, 9.17) is 0 Å². The molecule has 0 spiro atoms. The van der Waals surface area contributed by atoms with Crippen molar-refractivity contribution in [2.24, 2.45) is 0 Å². The van der Waals surface area contributed by atoms with Crippen molar-refractivity contribution in [1.82, 2.24) is 4.31 Å². The van der Waals surface area contributed by atoms with Gasteiger partial charge in [0.15, 0.2) is 0 Å². The molecule has 1 fully saturated rings. The Bertz CT molecular complexity index is 812. The lowest BCUT2D eigenvalue weighted by Crippen LogP contribution is -2.36. The van der Waals surface area contributed by atoms with Gasteiger partial charge in [0.25, 0.3) is 0 Å². The standard InChI is InChI=1S/C15H21NOS.C10H14/c1-13(2)15-10-7-11-16(15)18(3,17)12-14-8-5-4-6-9-14;1-2-3-7-10-8-5-4-6-9-10/h4-6,8-9,15H,1,3,7,10-12H2,2H3;4-6,8-9H,2-3,7H2,1H3. The lowest BCUT2D eigenvalue weighted by atomic mass is 10.1. The van der Waals surface area contributed by atoms with Crippen LogP contribution in [-0.2, 0) is 21.9 Å². The first-order valence-corrected chi connectivity index (χ1v) is 12.1. The molecule has 152 valence electrons. The van der Waals surface area contributed by atoms with E-state index in [0.717, 1.165) is 30.5 Å². The van der Waals surface area contributed by atoms with E-state index >= 15 is 0 Å². The van der Waals surface area contributed by atoms with Crippen molar-refractivity contribution in [2.45, 2.75) is 57.7 Å². The Morgan fingerprint density at radius 1 is 1.07 bits per heavy atom. The van der Waals surface area contributed by atoms with Gasteiger partial charge in [-0.1, -0.05) is 86.2 Å². The smallest absolute Gasteiger partial charge is 0.0542 e. The van der Waals surface area contributed by atoms with Crippen LogP contribution in [0.15, 0.2) is 72.8 Å². The van der Waals surface area contributed by atoms with Crippen molar-refractivity contribution in [2.75, 3.05) is 6.54 Å². The molecular weight excluding hydrogens is 362 g/mol. The van der Waals surface area contributed by atoms with E-state index in [-0.39, 0.29) is 6.04 Å². The van der Waals surface area contributed by atoms with Gasteiger partial charge in [-0.15, -0.1) is 0 Å². The molecule has 0 radical (unpaired) electrons. The van der Waals surface area contributed by atoms with E-state index in [9.17, 15) is 4.21 Å². The number of rotatable bonds is 7. The minimum absolute atomic E-state index is 0.235. The Morgan fingerprint density at radius 3 is 2.18 bits per heavy atom. The van der Waals surface area contributed by atoms with Crippen molar-refractivity contribution < 1.29 is 4.21 Å². The van der Waals surface area contributed by atoms with Crippen LogP contribution in [0.4, 0.5) is 0 Å². The monoisotopic (exact) mass is 397 g/mol. The van der Waals surface area contributed by atoms with Gasteiger partial charge in [0.05, 0.1) is 5.75 Å². The summed E-state index contributed by atoms with van der Waals surface area (Å²) in [5, 5.41) is 0. The summed E-state index contributed by atoms with van der Waals surface area (Å²) in [4.78, 5) is 0. The average molecular weight is 398 g/mol. The first kappa shape index (κ1) is 22.4. The van der Waals surface area contributed by atoms with Crippen LogP contribution < -0.4 is 0 Å². The molecule has 2 unspecified atom stereocenters. The van der Waals surface area contributed by atoms with Gasteiger partial charge in [-0.3, -0.25) is 4.21 Å². The second-order valence-electron chi connectivity index (χ2n) is 7.64. The highest BCUT2D eigenvalue weighted by Gasteiger charge is 2.30. The fourth-order valence-electron chi connectivity index (χ4n) is 3.57. The summed E-state index contributed by atoms with van der Waals surface area (Å²) in [5.74, 6) is 4.52. The van der Waals surface area contributed by atoms with Crippen LogP contribution in [0.3, 0.4) is 0 Å². The second kappa shape index (κ2) is 11.2.